The molecule has 0 atom stereocenters. The summed E-state index contributed by atoms with van der Waals surface area (Å²) in [4.78, 5) is 20.1. The van der Waals surface area contributed by atoms with Crippen molar-refractivity contribution in [1.29, 1.82) is 0 Å². The van der Waals surface area contributed by atoms with Crippen molar-refractivity contribution in [2.45, 2.75) is 6.54 Å². The molecule has 2 rings (SSSR count). The molecule has 1 aromatic carbocycles. The smallest absolute Gasteiger partial charge is 0.234 e. The van der Waals surface area contributed by atoms with Crippen LogP contribution in [0.1, 0.15) is 5.56 Å². The van der Waals surface area contributed by atoms with Crippen LogP contribution < -0.4 is 10.6 Å². The van der Waals surface area contributed by atoms with E-state index in [4.69, 9.17) is 0 Å². The Balaban J connectivity index is 1.80. The number of benzene rings is 1. The lowest BCUT2D eigenvalue weighted by molar-refractivity contribution is -0.124. The fourth-order valence-electron chi connectivity index (χ4n) is 2.31. The molecule has 2 N–H and O–H groups in total. The number of guanidine groups is 1. The van der Waals surface area contributed by atoms with E-state index in [1.165, 1.54) is 5.56 Å². The van der Waals surface area contributed by atoms with Gasteiger partial charge in [-0.3, -0.25) is 9.69 Å². The molecule has 0 bridgehead atoms. The Morgan fingerprint density at radius 1 is 1.36 bits per heavy atom. The Morgan fingerprint density at radius 3 is 2.82 bits per heavy atom. The van der Waals surface area contributed by atoms with E-state index >= 15 is 0 Å². The summed E-state index contributed by atoms with van der Waals surface area (Å²) in [6.07, 6.45) is 0. The fourth-order valence-corrected chi connectivity index (χ4v) is 2.31. The number of aliphatic imine (C=N–C) groups is 1. The van der Waals surface area contributed by atoms with Gasteiger partial charge < -0.3 is 15.5 Å². The molecule has 1 saturated heterocycles. The predicted molar refractivity (Wildman–Crippen MR) is 88.7 cm³/mol. The minimum atomic E-state index is 0.108. The molecule has 1 aliphatic heterocycles. The first-order valence-corrected chi connectivity index (χ1v) is 7.64. The van der Waals surface area contributed by atoms with Crippen molar-refractivity contribution in [2.24, 2.45) is 4.99 Å². The first kappa shape index (κ1) is 16.3. The average Bonchev–Trinajstić information content (AvgIpc) is 2.51. The molecule has 0 spiro atoms. The van der Waals surface area contributed by atoms with Gasteiger partial charge in [-0.15, -0.1) is 0 Å². The first-order valence-electron chi connectivity index (χ1n) is 7.64. The molecular weight excluding hydrogens is 278 g/mol. The van der Waals surface area contributed by atoms with Crippen LogP contribution in [0.25, 0.3) is 0 Å². The van der Waals surface area contributed by atoms with Gasteiger partial charge >= 0.3 is 0 Å². The lowest BCUT2D eigenvalue weighted by Gasteiger charge is -2.27. The predicted octanol–water partition coefficient (Wildman–Crippen LogP) is 0.126. The van der Waals surface area contributed by atoms with Crippen LogP contribution in [0.15, 0.2) is 35.3 Å². The zero-order chi connectivity index (χ0) is 15.8. The zero-order valence-corrected chi connectivity index (χ0v) is 13.4. The minimum absolute atomic E-state index is 0.108. The Kier molecular flexibility index (Phi) is 6.21. The van der Waals surface area contributed by atoms with Crippen LogP contribution in [-0.2, 0) is 11.3 Å². The molecule has 22 heavy (non-hydrogen) atoms. The van der Waals surface area contributed by atoms with E-state index < -0.39 is 0 Å². The molecule has 6 nitrogen and oxygen atoms in total. The summed E-state index contributed by atoms with van der Waals surface area (Å²) in [5.41, 5.74) is 1.19. The van der Waals surface area contributed by atoms with Crippen LogP contribution in [0, 0.1) is 0 Å². The second kappa shape index (κ2) is 8.38. The molecule has 0 aliphatic carbocycles. The van der Waals surface area contributed by atoms with Crippen molar-refractivity contribution in [1.82, 2.24) is 20.4 Å². The van der Waals surface area contributed by atoms with E-state index in [-0.39, 0.29) is 5.91 Å². The van der Waals surface area contributed by atoms with Crippen LogP contribution in [-0.4, -0.2) is 68.5 Å². The Labute approximate surface area is 132 Å². The van der Waals surface area contributed by atoms with E-state index in [1.807, 2.05) is 37.2 Å². The highest BCUT2D eigenvalue weighted by Gasteiger charge is 2.15. The number of carbonyl (C=O) groups is 1. The van der Waals surface area contributed by atoms with E-state index in [0.717, 1.165) is 32.1 Å². The lowest BCUT2D eigenvalue weighted by Crippen LogP contribution is -2.50. The molecule has 1 aliphatic rings. The van der Waals surface area contributed by atoms with Crippen molar-refractivity contribution in [3.63, 3.8) is 0 Å². The Morgan fingerprint density at radius 2 is 2.14 bits per heavy atom. The van der Waals surface area contributed by atoms with Gasteiger partial charge in [0.05, 0.1) is 13.1 Å². The zero-order valence-electron chi connectivity index (χ0n) is 13.4. The Hall–Kier alpha value is -2.08. The average molecular weight is 303 g/mol. The van der Waals surface area contributed by atoms with E-state index in [1.54, 1.807) is 0 Å². The molecule has 1 aromatic rings. The first-order chi connectivity index (χ1) is 10.6. The number of hydrogen-bond donors (Lipinski definition) is 2. The second-order valence-electron chi connectivity index (χ2n) is 5.57. The van der Waals surface area contributed by atoms with Gasteiger partial charge in [0.1, 0.15) is 0 Å². The largest absolute Gasteiger partial charge is 0.355 e. The summed E-state index contributed by atoms with van der Waals surface area (Å²) in [7, 11) is 3.95. The number of nitrogens with one attached hydrogen (secondary N) is 2. The van der Waals surface area contributed by atoms with Gasteiger partial charge in [0.15, 0.2) is 5.96 Å². The molecule has 1 fully saturated rings. The number of nitrogens with zero attached hydrogens (tertiary/aromatic N) is 3. The summed E-state index contributed by atoms with van der Waals surface area (Å²) in [5, 5.41) is 6.19. The minimum Gasteiger partial charge on any atom is -0.355 e. The van der Waals surface area contributed by atoms with E-state index in [2.05, 4.69) is 32.7 Å². The quantitative estimate of drug-likeness (QED) is 0.599. The monoisotopic (exact) mass is 303 g/mol. The topological polar surface area (TPSA) is 60.0 Å². The summed E-state index contributed by atoms with van der Waals surface area (Å²) in [5.74, 6) is 0.974. The maximum absolute atomic E-state index is 11.3. The van der Waals surface area contributed by atoms with Crippen molar-refractivity contribution in [2.75, 3.05) is 46.8 Å². The van der Waals surface area contributed by atoms with Crippen LogP contribution in [0.2, 0.25) is 0 Å². The molecule has 0 unspecified atom stereocenters. The number of amides is 1. The van der Waals surface area contributed by atoms with Crippen molar-refractivity contribution in [3.05, 3.63) is 35.9 Å². The third-order valence-electron chi connectivity index (χ3n) is 3.51. The molecular formula is C16H25N5O. The van der Waals surface area contributed by atoms with Gasteiger partial charge in [-0.25, -0.2) is 4.99 Å². The van der Waals surface area contributed by atoms with Crippen LogP contribution in [0.3, 0.4) is 0 Å². The van der Waals surface area contributed by atoms with Crippen molar-refractivity contribution < 1.29 is 4.79 Å². The molecule has 0 aromatic heterocycles. The number of carbonyl (C=O) groups excluding carboxylic acids is 1. The van der Waals surface area contributed by atoms with Gasteiger partial charge in [0.25, 0.3) is 0 Å². The SMILES string of the molecule is CN(C)C(=NCc1ccccc1)NCCN1CCNC(=O)C1. The van der Waals surface area contributed by atoms with Crippen LogP contribution in [0.5, 0.6) is 0 Å². The van der Waals surface area contributed by atoms with Crippen LogP contribution in [0.4, 0.5) is 0 Å². The fraction of sp³-hybridized carbons (Fsp3) is 0.500. The Bertz CT molecular complexity index is 501. The van der Waals surface area contributed by atoms with Gasteiger partial charge in [-0.05, 0) is 5.56 Å². The van der Waals surface area contributed by atoms with Crippen LogP contribution >= 0.6 is 0 Å². The number of piperazine rings is 1. The van der Waals surface area contributed by atoms with Crippen molar-refractivity contribution >= 4 is 11.9 Å². The standard InChI is InChI=1S/C16H25N5O/c1-20(2)16(19-12-14-6-4-3-5-7-14)18-9-11-21-10-8-17-15(22)13-21/h3-7H,8-13H2,1-2H3,(H,17,22)(H,18,19). The second-order valence-corrected chi connectivity index (χ2v) is 5.57. The summed E-state index contributed by atoms with van der Waals surface area (Å²) in [6.45, 7) is 4.41. The third-order valence-corrected chi connectivity index (χ3v) is 3.51. The van der Waals surface area contributed by atoms with Gasteiger partial charge in [-0.2, -0.15) is 0 Å². The highest BCUT2D eigenvalue weighted by Crippen LogP contribution is 2.00. The molecule has 0 radical (unpaired) electrons. The maximum Gasteiger partial charge on any atom is 0.234 e. The number of rotatable bonds is 5. The highest BCUT2D eigenvalue weighted by atomic mass is 16.2. The summed E-state index contributed by atoms with van der Waals surface area (Å²) in [6, 6.07) is 10.2. The summed E-state index contributed by atoms with van der Waals surface area (Å²) >= 11 is 0. The number of hydrogen-bond acceptors (Lipinski definition) is 3. The van der Waals surface area contributed by atoms with E-state index in [9.17, 15) is 4.79 Å². The van der Waals surface area contributed by atoms with Gasteiger partial charge in [0, 0.05) is 40.3 Å². The van der Waals surface area contributed by atoms with Crippen molar-refractivity contribution in [3.8, 4) is 0 Å². The molecule has 0 saturated carbocycles. The lowest BCUT2D eigenvalue weighted by atomic mass is 10.2. The molecule has 6 heteroatoms. The third kappa shape index (κ3) is 5.37. The molecule has 1 amide bonds. The normalized spacial score (nSPS) is 16.3. The summed E-state index contributed by atoms with van der Waals surface area (Å²) < 4.78 is 0. The van der Waals surface area contributed by atoms with Gasteiger partial charge in [0.2, 0.25) is 5.91 Å². The maximum atomic E-state index is 11.3. The molecule has 1 heterocycles. The highest BCUT2D eigenvalue weighted by molar-refractivity contribution is 5.79. The molecule has 120 valence electrons. The van der Waals surface area contributed by atoms with E-state index in [0.29, 0.717) is 13.1 Å². The van der Waals surface area contributed by atoms with Gasteiger partial charge in [-0.1, -0.05) is 30.3 Å².